The van der Waals surface area contributed by atoms with E-state index in [0.717, 1.165) is 33.4 Å². The van der Waals surface area contributed by atoms with Gasteiger partial charge in [-0.15, -0.1) is 11.8 Å². The monoisotopic (exact) mass is 401 g/mol. The fourth-order valence-electron chi connectivity index (χ4n) is 3.99. The van der Waals surface area contributed by atoms with Crippen molar-refractivity contribution in [2.45, 2.75) is 36.6 Å². The number of aromatic nitrogens is 4. The summed E-state index contributed by atoms with van der Waals surface area (Å²) in [4.78, 5) is 18.4. The number of pyridine rings is 1. The minimum atomic E-state index is 0.491. The van der Waals surface area contributed by atoms with Gasteiger partial charge in [0.1, 0.15) is 5.65 Å². The summed E-state index contributed by atoms with van der Waals surface area (Å²) in [6, 6.07) is 13.2. The maximum absolute atomic E-state index is 4.78. The molecule has 0 saturated heterocycles. The molecular weight excluding hydrogens is 378 g/mol. The number of fused-ring (bicyclic) bond motifs is 1. The van der Waals surface area contributed by atoms with Crippen LogP contribution in [0.25, 0.3) is 33.4 Å². The highest BCUT2D eigenvalue weighted by Gasteiger charge is 2.16. The Balaban J connectivity index is 1.50. The Morgan fingerprint density at radius 3 is 2.66 bits per heavy atom. The van der Waals surface area contributed by atoms with Crippen molar-refractivity contribution >= 4 is 28.7 Å². The topological polar surface area (TPSA) is 66.5 Å². The van der Waals surface area contributed by atoms with Crippen molar-refractivity contribution in [3.05, 3.63) is 55.0 Å². The summed E-state index contributed by atoms with van der Waals surface area (Å²) in [6.07, 6.45) is 12.8. The fourth-order valence-corrected chi connectivity index (χ4v) is 4.40. The van der Waals surface area contributed by atoms with Crippen LogP contribution in [0.4, 0.5) is 5.95 Å². The average Bonchev–Trinajstić information content (AvgIpc) is 3.43. The van der Waals surface area contributed by atoms with Gasteiger partial charge in [-0.1, -0.05) is 25.0 Å². The predicted molar refractivity (Wildman–Crippen MR) is 120 cm³/mol. The lowest BCUT2D eigenvalue weighted by Gasteiger charge is -2.12. The van der Waals surface area contributed by atoms with Gasteiger partial charge in [-0.05, 0) is 48.9 Å². The summed E-state index contributed by atoms with van der Waals surface area (Å²) in [5.41, 5.74) is 5.09. The zero-order valence-electron chi connectivity index (χ0n) is 16.4. The van der Waals surface area contributed by atoms with E-state index in [9.17, 15) is 0 Å². The molecule has 1 fully saturated rings. The van der Waals surface area contributed by atoms with Gasteiger partial charge in [0.05, 0.1) is 5.69 Å². The third kappa shape index (κ3) is 3.72. The minimum Gasteiger partial charge on any atom is -0.351 e. The van der Waals surface area contributed by atoms with Crippen molar-refractivity contribution in [2.75, 3.05) is 11.6 Å². The summed E-state index contributed by atoms with van der Waals surface area (Å²) < 4.78 is 0. The van der Waals surface area contributed by atoms with E-state index in [1.165, 1.54) is 30.6 Å². The fraction of sp³-hybridized carbons (Fsp3) is 0.261. The molecule has 3 heterocycles. The molecule has 29 heavy (non-hydrogen) atoms. The van der Waals surface area contributed by atoms with Gasteiger partial charge in [-0.2, -0.15) is 0 Å². The summed E-state index contributed by atoms with van der Waals surface area (Å²) in [7, 11) is 0. The van der Waals surface area contributed by atoms with Crippen molar-refractivity contribution in [2.24, 2.45) is 0 Å². The van der Waals surface area contributed by atoms with Crippen molar-refractivity contribution in [3.8, 4) is 22.4 Å². The van der Waals surface area contributed by atoms with Crippen LogP contribution in [0.15, 0.2) is 59.9 Å². The Bertz CT molecular complexity index is 1130. The van der Waals surface area contributed by atoms with Gasteiger partial charge in [0.15, 0.2) is 0 Å². The summed E-state index contributed by atoms with van der Waals surface area (Å²) in [6.45, 7) is 0. The number of nitrogens with one attached hydrogen (secondary N) is 2. The van der Waals surface area contributed by atoms with Gasteiger partial charge in [0.25, 0.3) is 0 Å². The molecule has 0 bridgehead atoms. The molecule has 0 radical (unpaired) electrons. The Hall–Kier alpha value is -2.86. The summed E-state index contributed by atoms with van der Waals surface area (Å²) in [5, 5.41) is 4.56. The van der Waals surface area contributed by atoms with Crippen LogP contribution in [0, 0.1) is 0 Å². The Labute approximate surface area is 174 Å². The first-order valence-electron chi connectivity index (χ1n) is 10.0. The molecule has 1 saturated carbocycles. The molecule has 4 aromatic rings. The summed E-state index contributed by atoms with van der Waals surface area (Å²) >= 11 is 1.75. The normalized spacial score (nSPS) is 14.5. The maximum Gasteiger partial charge on any atom is 0.223 e. The highest BCUT2D eigenvalue weighted by Crippen LogP contribution is 2.31. The van der Waals surface area contributed by atoms with E-state index >= 15 is 0 Å². The van der Waals surface area contributed by atoms with Gasteiger partial charge in [0, 0.05) is 46.0 Å². The maximum atomic E-state index is 4.78. The molecule has 146 valence electrons. The molecule has 1 aliphatic carbocycles. The number of benzene rings is 1. The van der Waals surface area contributed by atoms with E-state index in [0.29, 0.717) is 12.0 Å². The number of H-pyrrole nitrogens is 1. The van der Waals surface area contributed by atoms with Gasteiger partial charge in [-0.3, -0.25) is 0 Å². The smallest absolute Gasteiger partial charge is 0.223 e. The first-order valence-corrected chi connectivity index (χ1v) is 11.2. The molecule has 0 amide bonds. The third-order valence-electron chi connectivity index (χ3n) is 5.57. The van der Waals surface area contributed by atoms with E-state index in [1.54, 1.807) is 11.8 Å². The minimum absolute atomic E-state index is 0.491. The zero-order chi connectivity index (χ0) is 19.6. The number of anilines is 1. The molecular formula is C23H23N5S. The first kappa shape index (κ1) is 18.2. The second-order valence-electron chi connectivity index (χ2n) is 7.44. The molecule has 1 aromatic carbocycles. The Kier molecular flexibility index (Phi) is 4.94. The predicted octanol–water partition coefficient (Wildman–Crippen LogP) is 5.76. The number of nitrogens with zero attached hydrogens (tertiary/aromatic N) is 3. The lowest BCUT2D eigenvalue weighted by atomic mass is 10.0. The van der Waals surface area contributed by atoms with Crippen LogP contribution < -0.4 is 5.32 Å². The van der Waals surface area contributed by atoms with Gasteiger partial charge >= 0.3 is 0 Å². The molecule has 0 atom stereocenters. The SMILES string of the molecule is CSc1ccc(-c2cnc3[nH]cc(-c4ccnc(NC5CCCC5)n4)c3c2)cc1. The lowest BCUT2D eigenvalue weighted by molar-refractivity contribution is 0.744. The van der Waals surface area contributed by atoms with Crippen molar-refractivity contribution in [3.63, 3.8) is 0 Å². The summed E-state index contributed by atoms with van der Waals surface area (Å²) in [5.74, 6) is 0.709. The van der Waals surface area contributed by atoms with Crippen LogP contribution in [0.3, 0.4) is 0 Å². The van der Waals surface area contributed by atoms with E-state index < -0.39 is 0 Å². The van der Waals surface area contributed by atoms with Gasteiger partial charge in [0.2, 0.25) is 5.95 Å². The standard InChI is InChI=1S/C23H23N5S/c1-29-18-8-6-15(7-9-18)16-12-19-20(14-26-22(19)25-13-16)21-10-11-24-23(28-21)27-17-4-2-3-5-17/h6-14,17H,2-5H2,1H3,(H,25,26)(H,24,27,28). The number of hydrogen-bond acceptors (Lipinski definition) is 5. The average molecular weight is 402 g/mol. The van der Waals surface area contributed by atoms with Crippen molar-refractivity contribution < 1.29 is 0 Å². The van der Waals surface area contributed by atoms with Crippen LogP contribution >= 0.6 is 11.8 Å². The van der Waals surface area contributed by atoms with E-state index in [1.807, 2.05) is 24.7 Å². The molecule has 5 nitrogen and oxygen atoms in total. The van der Waals surface area contributed by atoms with Crippen molar-refractivity contribution in [1.82, 2.24) is 19.9 Å². The molecule has 0 spiro atoms. The van der Waals surface area contributed by atoms with E-state index in [4.69, 9.17) is 4.98 Å². The second kappa shape index (κ2) is 7.87. The second-order valence-corrected chi connectivity index (χ2v) is 8.32. The van der Waals surface area contributed by atoms with Crippen LogP contribution in [0.1, 0.15) is 25.7 Å². The van der Waals surface area contributed by atoms with Crippen LogP contribution in [-0.4, -0.2) is 32.2 Å². The Morgan fingerprint density at radius 1 is 1.03 bits per heavy atom. The van der Waals surface area contributed by atoms with Crippen LogP contribution in [0.5, 0.6) is 0 Å². The number of rotatable bonds is 5. The van der Waals surface area contributed by atoms with Crippen LogP contribution in [0.2, 0.25) is 0 Å². The van der Waals surface area contributed by atoms with Crippen molar-refractivity contribution in [1.29, 1.82) is 0 Å². The molecule has 6 heteroatoms. The van der Waals surface area contributed by atoms with Gasteiger partial charge < -0.3 is 10.3 Å². The molecule has 1 aliphatic rings. The zero-order valence-corrected chi connectivity index (χ0v) is 17.2. The lowest BCUT2D eigenvalue weighted by Crippen LogP contribution is -2.16. The number of hydrogen-bond donors (Lipinski definition) is 2. The largest absolute Gasteiger partial charge is 0.351 e. The van der Waals surface area contributed by atoms with E-state index in [2.05, 4.69) is 56.9 Å². The molecule has 0 aliphatic heterocycles. The van der Waals surface area contributed by atoms with E-state index in [-0.39, 0.29) is 0 Å². The third-order valence-corrected chi connectivity index (χ3v) is 6.32. The highest BCUT2D eigenvalue weighted by molar-refractivity contribution is 7.98. The Morgan fingerprint density at radius 2 is 1.86 bits per heavy atom. The quantitative estimate of drug-likeness (QED) is 0.416. The molecule has 3 aromatic heterocycles. The van der Waals surface area contributed by atoms with Gasteiger partial charge in [-0.25, -0.2) is 15.0 Å². The number of thioether (sulfide) groups is 1. The van der Waals surface area contributed by atoms with Crippen LogP contribution in [-0.2, 0) is 0 Å². The molecule has 5 rings (SSSR count). The molecule has 2 N–H and O–H groups in total. The molecule has 0 unspecified atom stereocenters. The highest BCUT2D eigenvalue weighted by atomic mass is 32.2. The first-order chi connectivity index (χ1) is 14.3. The number of aromatic amines is 1.